The number of ether oxygens (including phenoxy) is 7. The number of aromatic carboxylic acids is 1. The van der Waals surface area contributed by atoms with Gasteiger partial charge in [0, 0.05) is 25.4 Å². The van der Waals surface area contributed by atoms with Crippen molar-refractivity contribution in [3.05, 3.63) is 252 Å². The molecule has 8 rings (SSSR count). The minimum Gasteiger partial charge on any atom is -0.508 e. The minimum atomic E-state index is -1.05. The molecule has 0 aliphatic heterocycles. The van der Waals surface area contributed by atoms with Crippen LogP contribution in [0.4, 0.5) is 22.7 Å². The average molecular weight is 1260 g/mol. The van der Waals surface area contributed by atoms with Crippen LogP contribution in [-0.4, -0.2) is 95.9 Å². The van der Waals surface area contributed by atoms with Gasteiger partial charge in [-0.05, 0) is 232 Å². The number of phenols is 1. The molecule has 0 aromatic heterocycles. The summed E-state index contributed by atoms with van der Waals surface area (Å²) in [5.74, 6) is -1.25. The number of carboxylic acid groups (broad SMARTS) is 1. The number of aromatic hydroxyl groups is 1. The molecule has 93 heavy (non-hydrogen) atoms. The number of esters is 5. The van der Waals surface area contributed by atoms with Gasteiger partial charge in [-0.2, -0.15) is 20.5 Å². The van der Waals surface area contributed by atoms with Crippen molar-refractivity contribution in [2.24, 2.45) is 20.5 Å². The zero-order chi connectivity index (χ0) is 66.7. The summed E-state index contributed by atoms with van der Waals surface area (Å²) >= 11 is 0. The van der Waals surface area contributed by atoms with E-state index in [0.29, 0.717) is 116 Å². The third-order valence-electron chi connectivity index (χ3n) is 13.0. The highest BCUT2D eigenvalue weighted by Crippen LogP contribution is 2.28. The summed E-state index contributed by atoms with van der Waals surface area (Å²) in [4.78, 5) is 70.2. The van der Waals surface area contributed by atoms with Gasteiger partial charge in [0.1, 0.15) is 34.5 Å². The second-order valence-corrected chi connectivity index (χ2v) is 20.0. The molecule has 0 atom stereocenters. The lowest BCUT2D eigenvalue weighted by molar-refractivity contribution is -0.138. The lowest BCUT2D eigenvalue weighted by Crippen LogP contribution is -2.10. The van der Waals surface area contributed by atoms with Crippen LogP contribution in [0.3, 0.4) is 0 Å². The van der Waals surface area contributed by atoms with Gasteiger partial charge < -0.3 is 53.6 Å². The molecule has 4 N–H and O–H groups in total. The fraction of sp³-hybridized carbons (Fsp3) is 0.194. The molecule has 0 saturated carbocycles. The Balaban J connectivity index is 0.000000246. The summed E-state index contributed by atoms with van der Waals surface area (Å²) in [6.07, 6.45) is 6.21. The molecule has 0 saturated heterocycles. The molecule has 0 radical (unpaired) electrons. The van der Waals surface area contributed by atoms with E-state index in [1.165, 1.54) is 48.5 Å². The second-order valence-electron chi connectivity index (χ2n) is 20.0. The van der Waals surface area contributed by atoms with Crippen molar-refractivity contribution in [1.82, 2.24) is 0 Å². The average Bonchev–Trinajstić information content (AvgIpc) is 1.51. The van der Waals surface area contributed by atoms with Crippen molar-refractivity contribution in [1.29, 1.82) is 0 Å². The third kappa shape index (κ3) is 25.2. The summed E-state index contributed by atoms with van der Waals surface area (Å²) < 4.78 is 37.2. The molecule has 8 aromatic rings. The molecule has 480 valence electrons. The molecule has 0 amide bonds. The number of rotatable bonds is 29. The summed E-state index contributed by atoms with van der Waals surface area (Å²) in [5.41, 5.74) is 7.38. The molecule has 0 aliphatic rings. The van der Waals surface area contributed by atoms with E-state index in [9.17, 15) is 33.9 Å². The smallest absolute Gasteiger partial charge is 0.343 e. The number of carboxylic acids is 1. The molecule has 8 aromatic carbocycles. The normalized spacial score (nSPS) is 10.6. The van der Waals surface area contributed by atoms with Crippen LogP contribution in [0.2, 0.25) is 0 Å². The van der Waals surface area contributed by atoms with Gasteiger partial charge in [-0.25, -0.2) is 28.8 Å². The first-order valence-electron chi connectivity index (χ1n) is 29.3. The number of nitrogens with zero attached hydrogens (tertiary/aromatic N) is 4. The van der Waals surface area contributed by atoms with Crippen LogP contribution in [0.15, 0.2) is 228 Å². The van der Waals surface area contributed by atoms with Gasteiger partial charge in [0.05, 0.1) is 71.4 Å². The number of unbranched alkanes of at least 4 members (excludes halogenated alkanes) is 2. The Morgan fingerprint density at radius 3 is 1.13 bits per heavy atom. The summed E-state index contributed by atoms with van der Waals surface area (Å²) in [6.45, 7) is 12.0. The third-order valence-corrected chi connectivity index (χ3v) is 13.0. The molecule has 21 heteroatoms. The van der Waals surface area contributed by atoms with Gasteiger partial charge in [-0.1, -0.05) is 37.4 Å². The van der Waals surface area contributed by atoms with Crippen LogP contribution in [0.5, 0.6) is 34.5 Å². The highest BCUT2D eigenvalue weighted by atomic mass is 16.6. The Bertz CT molecular complexity index is 3820. The highest BCUT2D eigenvalue weighted by Gasteiger charge is 2.15. The monoisotopic (exact) mass is 1260 g/mol. The van der Waals surface area contributed by atoms with E-state index in [1.807, 2.05) is 55.5 Å². The van der Waals surface area contributed by atoms with E-state index >= 15 is 0 Å². The fourth-order valence-electron chi connectivity index (χ4n) is 7.90. The molecule has 0 spiro atoms. The lowest BCUT2D eigenvalue weighted by atomic mass is 10.1. The van der Waals surface area contributed by atoms with Crippen molar-refractivity contribution >= 4 is 58.6 Å². The van der Waals surface area contributed by atoms with E-state index in [2.05, 4.69) is 33.6 Å². The first kappa shape index (κ1) is 70.7. The lowest BCUT2D eigenvalue weighted by Gasteiger charge is -2.09. The Labute approximate surface area is 537 Å². The van der Waals surface area contributed by atoms with Gasteiger partial charge in [0.2, 0.25) is 0 Å². The first-order valence-corrected chi connectivity index (χ1v) is 29.3. The Morgan fingerprint density at radius 1 is 0.409 bits per heavy atom. The number of hydrogen-bond donors (Lipinski definition) is 4. The van der Waals surface area contributed by atoms with Crippen LogP contribution < -0.4 is 23.7 Å². The number of aliphatic hydroxyl groups excluding tert-OH is 2. The highest BCUT2D eigenvalue weighted by molar-refractivity contribution is 5.93. The number of benzene rings is 8. The topological polar surface area (TPSA) is 297 Å². The molecule has 0 heterocycles. The number of carbonyl (C=O) groups excluding carboxylic acids is 5. The first-order chi connectivity index (χ1) is 45.0. The summed E-state index contributed by atoms with van der Waals surface area (Å²) in [7, 11) is 0. The number of aliphatic hydroxyl groups is 2. The SMILES string of the molecule is C=CC(=O)OCCCCOc1ccc(C(=O)Oc2ccc(C(=O)O)cc2)cc1.C=CC(=O)OCCCCOc1ccc(C(=O)Oc2ccc(C(=O)Oc3ccc(N=Nc4ccc(CCO)cc4)cc3C)cc2)cc1.Cc1cc(N=Nc2ccc(CCO)cc2)ccc1O. The second kappa shape index (κ2) is 38.2. The van der Waals surface area contributed by atoms with Crippen LogP contribution in [-0.2, 0) is 31.9 Å². The number of phenolic OH excluding ortho intramolecular Hbond substituents is 1. The van der Waals surface area contributed by atoms with Gasteiger partial charge >= 0.3 is 35.8 Å². The van der Waals surface area contributed by atoms with Gasteiger partial charge in [-0.15, -0.1) is 0 Å². The molecule has 0 unspecified atom stereocenters. The number of hydrogen-bond acceptors (Lipinski definition) is 20. The van der Waals surface area contributed by atoms with Crippen molar-refractivity contribution in [3.8, 4) is 34.5 Å². The largest absolute Gasteiger partial charge is 0.508 e. The Morgan fingerprint density at radius 2 is 0.753 bits per heavy atom. The van der Waals surface area contributed by atoms with Crippen LogP contribution in [0.1, 0.15) is 89.4 Å². The maximum atomic E-state index is 12.8. The quantitative estimate of drug-likeness (QED) is 0.0111. The van der Waals surface area contributed by atoms with Crippen LogP contribution >= 0.6 is 0 Å². The maximum absolute atomic E-state index is 12.8. The van der Waals surface area contributed by atoms with E-state index in [0.717, 1.165) is 34.5 Å². The van der Waals surface area contributed by atoms with Gasteiger partial charge in [0.25, 0.3) is 0 Å². The molecular weight excluding hydrogens is 1190 g/mol. The Hall–Kier alpha value is -11.4. The predicted molar refractivity (Wildman–Crippen MR) is 346 cm³/mol. The molecule has 0 aliphatic carbocycles. The molecule has 21 nitrogen and oxygen atoms in total. The summed E-state index contributed by atoms with van der Waals surface area (Å²) in [5, 5.41) is 52.9. The van der Waals surface area contributed by atoms with Crippen molar-refractivity contribution in [3.63, 3.8) is 0 Å². The standard InChI is InChI=1S/C36H34N2O8.C21H20O7.C15H16N2O2/c1-3-34(40)44-23-5-4-22-43-31-15-8-27(9-16-31)35(41)45-32-17-10-28(11-18-32)36(42)46-33-19-14-30(24-25(33)2)38-37-29-12-6-26(7-13-29)20-21-39;1-2-19(22)27-14-4-3-13-26-17-9-7-16(8-10-17)21(25)28-18-11-5-15(6-12-18)20(23)24;1-11-10-14(6-7-15(11)19)17-16-13-4-2-12(3-5-13)8-9-18/h3,6-19,24,39H,1,4-5,20-23H2,2H3;2,5-12H,1,3-4,13-14H2,(H,23,24);2-7,10,18-19H,8-9H2,1H3. The zero-order valence-corrected chi connectivity index (χ0v) is 51.3. The number of aryl methyl sites for hydroxylation is 2. The van der Waals surface area contributed by atoms with Crippen molar-refractivity contribution in [2.75, 3.05) is 39.6 Å². The predicted octanol–water partition coefficient (Wildman–Crippen LogP) is 14.4. The minimum absolute atomic E-state index is 0.0915. The fourth-order valence-corrected chi connectivity index (χ4v) is 7.90. The molecule has 0 bridgehead atoms. The zero-order valence-electron chi connectivity index (χ0n) is 51.3. The van der Waals surface area contributed by atoms with Crippen molar-refractivity contribution in [2.45, 2.75) is 52.4 Å². The van der Waals surface area contributed by atoms with Crippen LogP contribution in [0.25, 0.3) is 0 Å². The van der Waals surface area contributed by atoms with E-state index in [1.54, 1.807) is 91.9 Å². The van der Waals surface area contributed by atoms with Gasteiger partial charge in [-0.3, -0.25) is 0 Å². The van der Waals surface area contributed by atoms with E-state index in [-0.39, 0.29) is 41.6 Å². The van der Waals surface area contributed by atoms with Crippen molar-refractivity contribution < 1.29 is 82.4 Å². The molecule has 0 fully saturated rings. The van der Waals surface area contributed by atoms with Gasteiger partial charge in [0.15, 0.2) is 0 Å². The number of azo groups is 2. The van der Waals surface area contributed by atoms with E-state index in [4.69, 9.17) is 48.5 Å². The maximum Gasteiger partial charge on any atom is 0.343 e. The summed E-state index contributed by atoms with van der Waals surface area (Å²) in [6, 6.07) is 49.9. The number of carbonyl (C=O) groups is 6. The molecular formula is C72H70N4O17. The van der Waals surface area contributed by atoms with E-state index < -0.39 is 35.8 Å². The van der Waals surface area contributed by atoms with Crippen LogP contribution in [0, 0.1) is 13.8 Å². The Kier molecular flexibility index (Phi) is 29.0.